The van der Waals surface area contributed by atoms with Gasteiger partial charge in [-0.05, 0) is 6.92 Å². The summed E-state index contributed by atoms with van der Waals surface area (Å²) in [5.41, 5.74) is 0. The molecule has 0 aliphatic carbocycles. The Kier molecular flexibility index (Phi) is 7.27. The van der Waals surface area contributed by atoms with Crippen LogP contribution in [-0.2, 0) is 19.1 Å². The molecule has 1 N–H and O–H groups in total. The van der Waals surface area contributed by atoms with Crippen LogP contribution < -0.4 is 0 Å². The molecular formula is C6H9NaO5. The van der Waals surface area contributed by atoms with Crippen LogP contribution in [0.3, 0.4) is 0 Å². The fraction of sp³-hybridized carbons (Fsp3) is 0.500. The zero-order chi connectivity index (χ0) is 9.02. The number of methoxy groups -OCH3 is 1. The molecule has 0 saturated heterocycles. The van der Waals surface area contributed by atoms with Crippen molar-refractivity contribution in [3.63, 3.8) is 0 Å². The van der Waals surface area contributed by atoms with Gasteiger partial charge in [-0.1, -0.05) is 0 Å². The fourth-order valence-electron chi connectivity index (χ4n) is 0.469. The van der Waals surface area contributed by atoms with Gasteiger partial charge in [-0.25, -0.2) is 4.79 Å². The molecule has 0 heterocycles. The van der Waals surface area contributed by atoms with E-state index in [0.717, 1.165) is 7.11 Å². The number of esters is 1. The molecule has 0 radical (unpaired) electrons. The van der Waals surface area contributed by atoms with Gasteiger partial charge < -0.3 is 9.84 Å². The summed E-state index contributed by atoms with van der Waals surface area (Å²) in [6, 6.07) is 0. The summed E-state index contributed by atoms with van der Waals surface area (Å²) in [4.78, 5) is 31.1. The van der Waals surface area contributed by atoms with Gasteiger partial charge in [0.1, 0.15) is 5.92 Å². The van der Waals surface area contributed by atoms with Crippen LogP contribution in [0.5, 0.6) is 0 Å². The van der Waals surface area contributed by atoms with Gasteiger partial charge in [-0.2, -0.15) is 0 Å². The van der Waals surface area contributed by atoms with Crippen LogP contribution in [-0.4, -0.2) is 59.5 Å². The third-order valence-electron chi connectivity index (χ3n) is 1.16. The second kappa shape index (κ2) is 6.16. The number of carboxylic acids is 1. The van der Waals surface area contributed by atoms with Crippen molar-refractivity contribution in [2.24, 2.45) is 5.92 Å². The molecule has 6 heteroatoms. The molecule has 0 aliphatic rings. The molecule has 0 aromatic rings. The Balaban J connectivity index is 0. The van der Waals surface area contributed by atoms with Gasteiger partial charge in [0.25, 0.3) is 5.78 Å². The van der Waals surface area contributed by atoms with Crippen molar-refractivity contribution in [3.05, 3.63) is 0 Å². The number of rotatable bonds is 3. The van der Waals surface area contributed by atoms with Crippen molar-refractivity contribution in [1.29, 1.82) is 0 Å². The minimum absolute atomic E-state index is 0. The first-order valence-electron chi connectivity index (χ1n) is 2.85. The van der Waals surface area contributed by atoms with E-state index in [2.05, 4.69) is 4.74 Å². The van der Waals surface area contributed by atoms with Crippen molar-refractivity contribution in [1.82, 2.24) is 0 Å². The van der Waals surface area contributed by atoms with E-state index < -0.39 is 23.6 Å². The molecule has 12 heavy (non-hydrogen) atoms. The van der Waals surface area contributed by atoms with E-state index in [1.807, 2.05) is 0 Å². The Morgan fingerprint density at radius 1 is 1.33 bits per heavy atom. The molecule has 0 aromatic heterocycles. The maximum atomic E-state index is 10.6. The molecular weight excluding hydrogens is 175 g/mol. The molecule has 0 aliphatic heterocycles. The normalized spacial score (nSPS) is 10.8. The van der Waals surface area contributed by atoms with Crippen molar-refractivity contribution in [2.75, 3.05) is 7.11 Å². The van der Waals surface area contributed by atoms with Crippen molar-refractivity contribution >= 4 is 47.3 Å². The van der Waals surface area contributed by atoms with Gasteiger partial charge in [0.15, 0.2) is 0 Å². The SMILES string of the molecule is COC(=O)C(C)C(=O)C(=O)O.[NaH]. The van der Waals surface area contributed by atoms with Gasteiger partial charge >= 0.3 is 41.5 Å². The van der Waals surface area contributed by atoms with E-state index in [9.17, 15) is 14.4 Å². The van der Waals surface area contributed by atoms with Crippen LogP contribution in [0.15, 0.2) is 0 Å². The zero-order valence-electron chi connectivity index (χ0n) is 6.16. The van der Waals surface area contributed by atoms with Crippen LogP contribution in [0.25, 0.3) is 0 Å². The Morgan fingerprint density at radius 3 is 2.00 bits per heavy atom. The fourth-order valence-corrected chi connectivity index (χ4v) is 0.469. The van der Waals surface area contributed by atoms with Crippen LogP contribution in [0.4, 0.5) is 0 Å². The molecule has 1 atom stereocenters. The number of carboxylic acid groups (broad SMARTS) is 1. The molecule has 0 bridgehead atoms. The molecule has 5 nitrogen and oxygen atoms in total. The second-order valence-corrected chi connectivity index (χ2v) is 1.91. The number of hydrogen-bond donors (Lipinski definition) is 1. The quantitative estimate of drug-likeness (QED) is 0.258. The Bertz CT molecular complexity index is 200. The summed E-state index contributed by atoms with van der Waals surface area (Å²) < 4.78 is 4.16. The van der Waals surface area contributed by atoms with E-state index in [1.165, 1.54) is 6.92 Å². The predicted molar refractivity (Wildman–Crippen MR) is 41.0 cm³/mol. The summed E-state index contributed by atoms with van der Waals surface area (Å²) >= 11 is 0. The molecule has 0 rings (SSSR count). The van der Waals surface area contributed by atoms with Gasteiger partial charge in [0, 0.05) is 0 Å². The summed E-state index contributed by atoms with van der Waals surface area (Å²) in [5, 5.41) is 8.14. The predicted octanol–water partition coefficient (Wildman–Crippen LogP) is -1.20. The monoisotopic (exact) mass is 184 g/mol. The second-order valence-electron chi connectivity index (χ2n) is 1.91. The first-order valence-corrected chi connectivity index (χ1v) is 2.85. The third-order valence-corrected chi connectivity index (χ3v) is 1.16. The number of Topliss-reactive ketones (excluding diaryl/α,β-unsaturated/α-hetero) is 1. The van der Waals surface area contributed by atoms with Crippen LogP contribution in [0, 0.1) is 5.92 Å². The first-order chi connectivity index (χ1) is 5.00. The number of ketones is 1. The van der Waals surface area contributed by atoms with Crippen molar-refractivity contribution in [3.8, 4) is 0 Å². The van der Waals surface area contributed by atoms with Gasteiger partial charge in [-0.3, -0.25) is 9.59 Å². The first kappa shape index (κ1) is 14.2. The van der Waals surface area contributed by atoms with Gasteiger partial charge in [-0.15, -0.1) is 0 Å². The summed E-state index contributed by atoms with van der Waals surface area (Å²) in [6.07, 6.45) is 0. The third kappa shape index (κ3) is 3.85. The van der Waals surface area contributed by atoms with Crippen LogP contribution in [0.1, 0.15) is 6.92 Å². The molecule has 0 amide bonds. The standard InChI is InChI=1S/C6H8O5.Na.H/c1-3(6(10)11-2)4(7)5(8)9;;/h3H,1-2H3,(H,8,9);;. The maximum absolute atomic E-state index is 10.6. The molecule has 0 spiro atoms. The van der Waals surface area contributed by atoms with E-state index in [0.29, 0.717) is 0 Å². The van der Waals surface area contributed by atoms with Gasteiger partial charge in [0.05, 0.1) is 7.11 Å². The number of aliphatic carboxylic acids is 1. The van der Waals surface area contributed by atoms with E-state index >= 15 is 0 Å². The number of ether oxygens (including phenoxy) is 1. The molecule has 0 aromatic carbocycles. The Morgan fingerprint density at radius 2 is 1.75 bits per heavy atom. The molecule has 0 saturated carbocycles. The average Bonchev–Trinajstić information content (AvgIpc) is 2.00. The van der Waals surface area contributed by atoms with Crippen molar-refractivity contribution < 1.29 is 24.2 Å². The Hall–Kier alpha value is -0.390. The summed E-state index contributed by atoms with van der Waals surface area (Å²) in [6.45, 7) is 1.18. The topological polar surface area (TPSA) is 80.7 Å². The van der Waals surface area contributed by atoms with Crippen LogP contribution in [0.2, 0.25) is 0 Å². The minimum atomic E-state index is -1.62. The van der Waals surface area contributed by atoms with E-state index in [1.54, 1.807) is 0 Å². The molecule has 64 valence electrons. The summed E-state index contributed by atoms with van der Waals surface area (Å²) in [5.74, 6) is -4.84. The zero-order valence-corrected chi connectivity index (χ0v) is 6.16. The number of carbonyl (C=O) groups excluding carboxylic acids is 2. The molecule has 1 unspecified atom stereocenters. The van der Waals surface area contributed by atoms with E-state index in [4.69, 9.17) is 5.11 Å². The van der Waals surface area contributed by atoms with E-state index in [-0.39, 0.29) is 29.6 Å². The number of hydrogen-bond acceptors (Lipinski definition) is 4. The number of carbonyl (C=O) groups is 3. The summed E-state index contributed by atoms with van der Waals surface area (Å²) in [7, 11) is 1.09. The average molecular weight is 184 g/mol. The molecule has 0 fully saturated rings. The Labute approximate surface area is 91.4 Å². The van der Waals surface area contributed by atoms with Crippen LogP contribution >= 0.6 is 0 Å². The van der Waals surface area contributed by atoms with Gasteiger partial charge in [0.2, 0.25) is 0 Å². The van der Waals surface area contributed by atoms with Crippen molar-refractivity contribution in [2.45, 2.75) is 6.92 Å².